The van der Waals surface area contributed by atoms with Crippen molar-refractivity contribution < 1.29 is 0 Å². The second kappa shape index (κ2) is 10.9. The summed E-state index contributed by atoms with van der Waals surface area (Å²) >= 11 is 6.05. The lowest BCUT2D eigenvalue weighted by Crippen LogP contribution is -2.31. The molecule has 0 saturated heterocycles. The average Bonchev–Trinajstić information content (AvgIpc) is 2.79. The maximum Gasteiger partial charge on any atom is 0.223 e. The summed E-state index contributed by atoms with van der Waals surface area (Å²) in [6.45, 7) is 0.574. The molecule has 0 fully saturated rings. The van der Waals surface area contributed by atoms with Gasteiger partial charge in [-0.2, -0.15) is 0 Å². The van der Waals surface area contributed by atoms with E-state index in [9.17, 15) is 0 Å². The zero-order valence-electron chi connectivity index (χ0n) is 16.8. The van der Waals surface area contributed by atoms with Crippen LogP contribution < -0.4 is 11.1 Å². The van der Waals surface area contributed by atoms with Crippen LogP contribution in [0.15, 0.2) is 85.3 Å². The Kier molecular flexibility index (Phi) is 7.95. The van der Waals surface area contributed by atoms with Gasteiger partial charge in [0.15, 0.2) is 0 Å². The smallest absolute Gasteiger partial charge is 0.223 e. The Bertz CT molecular complexity index is 1090. The van der Waals surface area contributed by atoms with Gasteiger partial charge >= 0.3 is 0 Å². The van der Waals surface area contributed by atoms with Gasteiger partial charge in [-0.1, -0.05) is 54.1 Å². The lowest BCUT2D eigenvalue weighted by molar-refractivity contribution is 0.696. The first-order chi connectivity index (χ1) is 14.7. The van der Waals surface area contributed by atoms with Crippen molar-refractivity contribution in [2.45, 2.75) is 12.5 Å². The second-order valence-corrected chi connectivity index (χ2v) is 7.47. The quantitative estimate of drug-likeness (QED) is 0.400. The predicted octanol–water partition coefficient (Wildman–Crippen LogP) is 5.26. The maximum atomic E-state index is 6.30. The SMILES string of the molecule is Cl.N[C@H](CNc1ncc(-c2ccc(Cl)cc2)c(-c2ccncc2)n1)Cc1ccccc1. The van der Waals surface area contributed by atoms with Crippen LogP contribution in [0.2, 0.25) is 5.02 Å². The van der Waals surface area contributed by atoms with Crippen molar-refractivity contribution in [1.29, 1.82) is 0 Å². The molecule has 2 heterocycles. The number of nitrogens with one attached hydrogen (secondary N) is 1. The van der Waals surface area contributed by atoms with Crippen LogP contribution in [0.5, 0.6) is 0 Å². The molecule has 0 aliphatic rings. The molecule has 4 rings (SSSR count). The molecule has 2 aromatic carbocycles. The molecule has 0 amide bonds. The van der Waals surface area contributed by atoms with Crippen LogP contribution in [-0.4, -0.2) is 27.5 Å². The summed E-state index contributed by atoms with van der Waals surface area (Å²) in [6, 6.07) is 21.7. The first kappa shape index (κ1) is 22.7. The van der Waals surface area contributed by atoms with Crippen molar-refractivity contribution in [1.82, 2.24) is 15.0 Å². The van der Waals surface area contributed by atoms with Crippen molar-refractivity contribution in [3.05, 3.63) is 95.9 Å². The van der Waals surface area contributed by atoms with Crippen molar-refractivity contribution >= 4 is 30.0 Å². The molecular weight excluding hydrogens is 429 g/mol. The van der Waals surface area contributed by atoms with Crippen LogP contribution in [0.4, 0.5) is 5.95 Å². The number of nitrogens with two attached hydrogens (primary N) is 1. The van der Waals surface area contributed by atoms with E-state index in [1.165, 1.54) is 5.56 Å². The lowest BCUT2D eigenvalue weighted by Gasteiger charge is -2.15. The highest BCUT2D eigenvalue weighted by Gasteiger charge is 2.13. The number of anilines is 1. The van der Waals surface area contributed by atoms with Gasteiger partial charge in [0.2, 0.25) is 5.95 Å². The van der Waals surface area contributed by atoms with Gasteiger partial charge in [0.25, 0.3) is 0 Å². The summed E-state index contributed by atoms with van der Waals surface area (Å²) in [7, 11) is 0. The normalized spacial score (nSPS) is 11.4. The van der Waals surface area contributed by atoms with Crippen LogP contribution in [0, 0.1) is 0 Å². The molecule has 7 heteroatoms. The average molecular weight is 452 g/mol. The van der Waals surface area contributed by atoms with E-state index in [0.717, 1.165) is 28.8 Å². The molecule has 0 radical (unpaired) electrons. The zero-order chi connectivity index (χ0) is 20.8. The number of aromatic nitrogens is 3. The summed E-state index contributed by atoms with van der Waals surface area (Å²) in [5, 5.41) is 3.97. The molecule has 5 nitrogen and oxygen atoms in total. The van der Waals surface area contributed by atoms with Gasteiger partial charge in [-0.05, 0) is 41.8 Å². The number of hydrogen-bond donors (Lipinski definition) is 2. The topological polar surface area (TPSA) is 76.7 Å². The van der Waals surface area contributed by atoms with E-state index in [0.29, 0.717) is 17.5 Å². The fraction of sp³-hybridized carbons (Fsp3) is 0.125. The Labute approximate surface area is 193 Å². The first-order valence-corrected chi connectivity index (χ1v) is 10.1. The van der Waals surface area contributed by atoms with Crippen molar-refractivity contribution in [3.63, 3.8) is 0 Å². The Morgan fingerprint density at radius 1 is 0.903 bits per heavy atom. The minimum absolute atomic E-state index is 0. The molecule has 0 aliphatic heterocycles. The summed E-state index contributed by atoms with van der Waals surface area (Å²) < 4.78 is 0. The Hall–Kier alpha value is -2.99. The molecule has 31 heavy (non-hydrogen) atoms. The number of benzene rings is 2. The highest BCUT2D eigenvalue weighted by atomic mass is 35.5. The lowest BCUT2D eigenvalue weighted by atomic mass is 10.0. The summed E-state index contributed by atoms with van der Waals surface area (Å²) in [6.07, 6.45) is 6.13. The van der Waals surface area contributed by atoms with Crippen molar-refractivity contribution in [3.8, 4) is 22.4 Å². The highest BCUT2D eigenvalue weighted by molar-refractivity contribution is 6.30. The van der Waals surface area contributed by atoms with Gasteiger partial charge in [0.05, 0.1) is 5.69 Å². The molecule has 158 valence electrons. The molecule has 0 unspecified atom stereocenters. The molecule has 2 aromatic heterocycles. The summed E-state index contributed by atoms with van der Waals surface area (Å²) in [5.74, 6) is 0.544. The number of pyridine rings is 1. The second-order valence-electron chi connectivity index (χ2n) is 7.03. The fourth-order valence-corrected chi connectivity index (χ4v) is 3.37. The van der Waals surface area contributed by atoms with Crippen LogP contribution in [0.1, 0.15) is 5.56 Å². The Morgan fingerprint density at radius 3 is 2.32 bits per heavy atom. The van der Waals surface area contributed by atoms with Crippen LogP contribution in [-0.2, 0) is 6.42 Å². The Morgan fingerprint density at radius 2 is 1.61 bits per heavy atom. The van der Waals surface area contributed by atoms with Gasteiger partial charge in [-0.3, -0.25) is 4.98 Å². The highest BCUT2D eigenvalue weighted by Crippen LogP contribution is 2.31. The monoisotopic (exact) mass is 451 g/mol. The van der Waals surface area contributed by atoms with Gasteiger partial charge in [-0.15, -0.1) is 12.4 Å². The minimum atomic E-state index is -0.0451. The van der Waals surface area contributed by atoms with Gasteiger partial charge < -0.3 is 11.1 Å². The number of hydrogen-bond acceptors (Lipinski definition) is 5. The third kappa shape index (κ3) is 6.01. The van der Waals surface area contributed by atoms with Gasteiger partial charge in [0, 0.05) is 47.3 Å². The maximum absolute atomic E-state index is 6.30. The largest absolute Gasteiger partial charge is 0.353 e. The molecule has 0 spiro atoms. The zero-order valence-corrected chi connectivity index (χ0v) is 18.4. The molecular formula is C24H23Cl2N5. The van der Waals surface area contributed by atoms with Crippen LogP contribution >= 0.6 is 24.0 Å². The van der Waals surface area contributed by atoms with E-state index in [4.69, 9.17) is 22.3 Å². The van der Waals surface area contributed by atoms with E-state index in [2.05, 4.69) is 27.4 Å². The molecule has 4 aromatic rings. The van der Waals surface area contributed by atoms with Crippen LogP contribution in [0.3, 0.4) is 0 Å². The fourth-order valence-electron chi connectivity index (χ4n) is 3.25. The van der Waals surface area contributed by atoms with E-state index in [-0.39, 0.29) is 18.4 Å². The third-order valence-corrected chi connectivity index (χ3v) is 5.01. The molecule has 1 atom stereocenters. The molecule has 3 N–H and O–H groups in total. The first-order valence-electron chi connectivity index (χ1n) is 9.76. The van der Waals surface area contributed by atoms with Crippen molar-refractivity contribution in [2.24, 2.45) is 5.73 Å². The molecule has 0 aliphatic carbocycles. The minimum Gasteiger partial charge on any atom is -0.353 e. The summed E-state index contributed by atoms with van der Waals surface area (Å²) in [4.78, 5) is 13.4. The number of rotatable bonds is 7. The van der Waals surface area contributed by atoms with E-state index < -0.39 is 0 Å². The Balaban J connectivity index is 0.00000272. The standard InChI is InChI=1S/C24H22ClN5.ClH/c25-20-8-6-18(7-9-20)22-16-29-24(30-23(22)19-10-12-27-13-11-19)28-15-21(26)14-17-4-2-1-3-5-17;/h1-13,16,21H,14-15,26H2,(H,28,29,30);1H/t21-;/m0./s1. The third-order valence-electron chi connectivity index (χ3n) is 4.76. The number of nitrogens with zero attached hydrogens (tertiary/aromatic N) is 3. The van der Waals surface area contributed by atoms with Gasteiger partial charge in [0.1, 0.15) is 0 Å². The molecule has 0 saturated carbocycles. The van der Waals surface area contributed by atoms with Crippen LogP contribution in [0.25, 0.3) is 22.4 Å². The van der Waals surface area contributed by atoms with Crippen molar-refractivity contribution in [2.75, 3.05) is 11.9 Å². The molecule has 0 bridgehead atoms. The van der Waals surface area contributed by atoms with E-state index in [1.807, 2.05) is 60.8 Å². The van der Waals surface area contributed by atoms with E-state index in [1.54, 1.807) is 12.4 Å². The number of halogens is 2. The summed E-state index contributed by atoms with van der Waals surface area (Å²) in [5.41, 5.74) is 11.2. The van der Waals surface area contributed by atoms with E-state index >= 15 is 0 Å². The predicted molar refractivity (Wildman–Crippen MR) is 130 cm³/mol. The van der Waals surface area contributed by atoms with Gasteiger partial charge in [-0.25, -0.2) is 9.97 Å².